The van der Waals surface area contributed by atoms with E-state index in [1.807, 2.05) is 0 Å². The van der Waals surface area contributed by atoms with Crippen LogP contribution in [0.4, 0.5) is 17.6 Å². The number of nitrogens with two attached hydrogens (primary N) is 2. The van der Waals surface area contributed by atoms with Crippen molar-refractivity contribution in [1.82, 2.24) is 9.97 Å². The highest BCUT2D eigenvalue weighted by Gasteiger charge is 2.28. The van der Waals surface area contributed by atoms with Gasteiger partial charge in [-0.1, -0.05) is 33.1 Å². The van der Waals surface area contributed by atoms with Crippen molar-refractivity contribution in [3.05, 3.63) is 5.56 Å². The third-order valence-electron chi connectivity index (χ3n) is 4.85. The monoisotopic (exact) mass is 305 g/mol. The summed E-state index contributed by atoms with van der Waals surface area (Å²) in [5, 5.41) is 0. The molecule has 1 aliphatic heterocycles. The standard InChI is InChI=1S/C17H31N5/c1-4-6-7-10-13(5-2)14-15(18)20-17(19)21-16(14)22-11-8-9-12(22)3/h12-13H,4-11H2,1-3H3,(H4,18,19,20,21). The van der Waals surface area contributed by atoms with E-state index >= 15 is 0 Å². The summed E-state index contributed by atoms with van der Waals surface area (Å²) in [6.07, 6.45) is 8.36. The summed E-state index contributed by atoms with van der Waals surface area (Å²) >= 11 is 0. The predicted octanol–water partition coefficient (Wildman–Crippen LogP) is 3.70. The van der Waals surface area contributed by atoms with Crippen LogP contribution in [0.1, 0.15) is 77.2 Å². The minimum absolute atomic E-state index is 0.291. The van der Waals surface area contributed by atoms with Crippen molar-refractivity contribution >= 4 is 17.6 Å². The first-order valence-electron chi connectivity index (χ1n) is 8.77. The maximum Gasteiger partial charge on any atom is 0.223 e. The summed E-state index contributed by atoms with van der Waals surface area (Å²) in [4.78, 5) is 11.2. The highest BCUT2D eigenvalue weighted by Crippen LogP contribution is 2.38. The lowest BCUT2D eigenvalue weighted by Crippen LogP contribution is -2.30. The van der Waals surface area contributed by atoms with Gasteiger partial charge in [-0.05, 0) is 38.5 Å². The Morgan fingerprint density at radius 2 is 2.00 bits per heavy atom. The van der Waals surface area contributed by atoms with E-state index in [4.69, 9.17) is 11.5 Å². The van der Waals surface area contributed by atoms with Crippen molar-refractivity contribution < 1.29 is 0 Å². The van der Waals surface area contributed by atoms with Crippen LogP contribution in [0.5, 0.6) is 0 Å². The Bertz CT molecular complexity index is 488. The van der Waals surface area contributed by atoms with E-state index in [1.165, 1.54) is 32.1 Å². The smallest absolute Gasteiger partial charge is 0.223 e. The van der Waals surface area contributed by atoms with Crippen molar-refractivity contribution in [2.24, 2.45) is 0 Å². The molecule has 0 amide bonds. The molecule has 0 radical (unpaired) electrons. The van der Waals surface area contributed by atoms with E-state index in [0.717, 1.165) is 30.8 Å². The molecular formula is C17H31N5. The molecule has 5 nitrogen and oxygen atoms in total. The van der Waals surface area contributed by atoms with Gasteiger partial charge in [0, 0.05) is 18.2 Å². The summed E-state index contributed by atoms with van der Waals surface area (Å²) in [6.45, 7) is 7.75. The topological polar surface area (TPSA) is 81.1 Å². The second kappa shape index (κ2) is 7.65. The Labute approximate surface area is 134 Å². The van der Waals surface area contributed by atoms with Gasteiger partial charge in [0.2, 0.25) is 5.95 Å². The lowest BCUT2D eigenvalue weighted by Gasteiger charge is -2.28. The van der Waals surface area contributed by atoms with E-state index in [1.54, 1.807) is 0 Å². The summed E-state index contributed by atoms with van der Waals surface area (Å²) in [5.41, 5.74) is 13.3. The van der Waals surface area contributed by atoms with Crippen LogP contribution in [0.3, 0.4) is 0 Å². The zero-order valence-electron chi connectivity index (χ0n) is 14.3. The second-order valence-corrected chi connectivity index (χ2v) is 6.49. The number of nitrogen functional groups attached to an aromatic ring is 2. The molecule has 0 aliphatic carbocycles. The minimum atomic E-state index is 0.291. The van der Waals surface area contributed by atoms with Gasteiger partial charge in [0.25, 0.3) is 0 Å². The van der Waals surface area contributed by atoms with Crippen LogP contribution in [0.25, 0.3) is 0 Å². The van der Waals surface area contributed by atoms with Crippen LogP contribution in [-0.2, 0) is 0 Å². The molecule has 0 spiro atoms. The Balaban J connectivity index is 2.35. The molecule has 22 heavy (non-hydrogen) atoms. The first-order chi connectivity index (χ1) is 10.6. The Hall–Kier alpha value is -1.52. The van der Waals surface area contributed by atoms with Crippen molar-refractivity contribution in [3.8, 4) is 0 Å². The number of hydrogen-bond acceptors (Lipinski definition) is 5. The molecule has 1 saturated heterocycles. The van der Waals surface area contributed by atoms with E-state index in [0.29, 0.717) is 23.7 Å². The number of hydrogen-bond donors (Lipinski definition) is 2. The third kappa shape index (κ3) is 3.62. The zero-order chi connectivity index (χ0) is 16.1. The minimum Gasteiger partial charge on any atom is -0.383 e. The number of rotatable bonds is 7. The first kappa shape index (κ1) is 16.8. The van der Waals surface area contributed by atoms with Crippen LogP contribution in [-0.4, -0.2) is 22.6 Å². The van der Waals surface area contributed by atoms with Crippen LogP contribution in [0.2, 0.25) is 0 Å². The highest BCUT2D eigenvalue weighted by molar-refractivity contribution is 5.62. The normalized spacial score (nSPS) is 19.6. The molecule has 124 valence electrons. The van der Waals surface area contributed by atoms with E-state index in [9.17, 15) is 0 Å². The van der Waals surface area contributed by atoms with Crippen LogP contribution < -0.4 is 16.4 Å². The Morgan fingerprint density at radius 1 is 1.23 bits per heavy atom. The predicted molar refractivity (Wildman–Crippen MR) is 94.1 cm³/mol. The largest absolute Gasteiger partial charge is 0.383 e. The van der Waals surface area contributed by atoms with Crippen molar-refractivity contribution in [3.63, 3.8) is 0 Å². The Kier molecular flexibility index (Phi) is 5.86. The van der Waals surface area contributed by atoms with E-state index in [-0.39, 0.29) is 0 Å². The van der Waals surface area contributed by atoms with Crippen molar-refractivity contribution in [1.29, 1.82) is 0 Å². The van der Waals surface area contributed by atoms with E-state index in [2.05, 4.69) is 35.6 Å². The lowest BCUT2D eigenvalue weighted by molar-refractivity contribution is 0.550. The van der Waals surface area contributed by atoms with Gasteiger partial charge in [0.05, 0.1) is 0 Å². The molecule has 0 aromatic carbocycles. The van der Waals surface area contributed by atoms with Gasteiger partial charge in [-0.2, -0.15) is 9.97 Å². The number of nitrogens with zero attached hydrogens (tertiary/aromatic N) is 3. The van der Waals surface area contributed by atoms with Gasteiger partial charge < -0.3 is 16.4 Å². The SMILES string of the molecule is CCCCCC(CC)c1c(N)nc(N)nc1N1CCCC1C. The fraction of sp³-hybridized carbons (Fsp3) is 0.765. The summed E-state index contributed by atoms with van der Waals surface area (Å²) in [5.74, 6) is 2.28. The van der Waals surface area contributed by atoms with Gasteiger partial charge in [-0.15, -0.1) is 0 Å². The van der Waals surface area contributed by atoms with Crippen LogP contribution >= 0.6 is 0 Å². The third-order valence-corrected chi connectivity index (χ3v) is 4.85. The second-order valence-electron chi connectivity index (χ2n) is 6.49. The Morgan fingerprint density at radius 3 is 2.59 bits per heavy atom. The molecule has 2 unspecified atom stereocenters. The molecule has 4 N–H and O–H groups in total. The van der Waals surface area contributed by atoms with Gasteiger partial charge in [0.15, 0.2) is 0 Å². The lowest BCUT2D eigenvalue weighted by atomic mass is 9.91. The van der Waals surface area contributed by atoms with Crippen molar-refractivity contribution in [2.75, 3.05) is 22.9 Å². The van der Waals surface area contributed by atoms with Crippen LogP contribution in [0, 0.1) is 0 Å². The first-order valence-corrected chi connectivity index (χ1v) is 8.77. The molecule has 0 bridgehead atoms. The van der Waals surface area contributed by atoms with Crippen LogP contribution in [0.15, 0.2) is 0 Å². The van der Waals surface area contributed by atoms with Gasteiger partial charge in [0.1, 0.15) is 11.6 Å². The molecule has 2 atom stereocenters. The summed E-state index contributed by atoms with van der Waals surface area (Å²) in [7, 11) is 0. The fourth-order valence-electron chi connectivity index (χ4n) is 3.54. The molecule has 1 aromatic heterocycles. The molecule has 0 saturated carbocycles. The number of unbranched alkanes of at least 4 members (excludes halogenated alkanes) is 2. The highest BCUT2D eigenvalue weighted by atomic mass is 15.3. The van der Waals surface area contributed by atoms with Crippen molar-refractivity contribution in [2.45, 2.75) is 77.7 Å². The van der Waals surface area contributed by atoms with Gasteiger partial charge in [-0.3, -0.25) is 0 Å². The average Bonchev–Trinajstić information content (AvgIpc) is 2.90. The fourth-order valence-corrected chi connectivity index (χ4v) is 3.54. The maximum atomic E-state index is 6.26. The van der Waals surface area contributed by atoms with Gasteiger partial charge >= 0.3 is 0 Å². The molecule has 1 aliphatic rings. The maximum absolute atomic E-state index is 6.26. The number of anilines is 3. The summed E-state index contributed by atoms with van der Waals surface area (Å²) < 4.78 is 0. The zero-order valence-corrected chi connectivity index (χ0v) is 14.3. The molecule has 1 fully saturated rings. The summed E-state index contributed by atoms with van der Waals surface area (Å²) in [6, 6.07) is 0.501. The molecule has 1 aromatic rings. The molecule has 2 heterocycles. The van der Waals surface area contributed by atoms with E-state index < -0.39 is 0 Å². The number of aromatic nitrogens is 2. The average molecular weight is 305 g/mol. The quantitative estimate of drug-likeness (QED) is 0.751. The molecular weight excluding hydrogens is 274 g/mol. The molecule has 5 heteroatoms. The van der Waals surface area contributed by atoms with Gasteiger partial charge in [-0.25, -0.2) is 0 Å². The molecule has 2 rings (SSSR count).